The lowest BCUT2D eigenvalue weighted by Gasteiger charge is -2.28. The lowest BCUT2D eigenvalue weighted by molar-refractivity contribution is 0.224. The van der Waals surface area contributed by atoms with E-state index in [1.54, 1.807) is 0 Å². The minimum absolute atomic E-state index is 0.135. The quantitative estimate of drug-likeness (QED) is 0.161. The Balaban J connectivity index is 1.01. The van der Waals surface area contributed by atoms with Gasteiger partial charge in [-0.15, -0.1) is 0 Å². The van der Waals surface area contributed by atoms with Gasteiger partial charge in [0, 0.05) is 67.7 Å². The summed E-state index contributed by atoms with van der Waals surface area (Å²) in [7, 11) is 0. The third-order valence-corrected chi connectivity index (χ3v) is 13.1. The average molecular weight is 786 g/mol. The molecule has 1 aliphatic heterocycles. The van der Waals surface area contributed by atoms with Crippen LogP contribution in [0.2, 0.25) is 0 Å². The summed E-state index contributed by atoms with van der Waals surface area (Å²) in [4.78, 5) is 4.71. The van der Waals surface area contributed by atoms with Crippen molar-refractivity contribution in [2.75, 3.05) is 9.80 Å². The molecule has 0 amide bonds. The largest absolute Gasteiger partial charge is 0.484 e. The van der Waals surface area contributed by atoms with Crippen LogP contribution in [0.4, 0.5) is 34.1 Å². The van der Waals surface area contributed by atoms with E-state index in [2.05, 4.69) is 241 Å². The van der Waals surface area contributed by atoms with E-state index in [0.717, 1.165) is 51.1 Å². The predicted molar refractivity (Wildman–Crippen MR) is 252 cm³/mol. The van der Waals surface area contributed by atoms with Crippen LogP contribution in [0.3, 0.4) is 0 Å². The molecule has 12 rings (SSSR count). The summed E-state index contributed by atoms with van der Waals surface area (Å²) >= 11 is 0. The van der Waals surface area contributed by atoms with Crippen molar-refractivity contribution in [2.45, 2.75) is 31.3 Å². The molecule has 1 aromatic heterocycles. The van der Waals surface area contributed by atoms with Crippen LogP contribution >= 0.6 is 0 Å². The van der Waals surface area contributed by atoms with E-state index in [1.807, 2.05) is 0 Å². The number of aromatic nitrogens is 1. The molecule has 0 N–H and O–H groups in total. The number of hydrogen-bond acceptors (Lipinski definition) is 3. The molecule has 2 atom stereocenters. The normalized spacial score (nSPS) is 16.2. The summed E-state index contributed by atoms with van der Waals surface area (Å²) < 4.78 is 9.40. The van der Waals surface area contributed by atoms with Gasteiger partial charge in [-0.3, -0.25) is 0 Å². The smallest absolute Gasteiger partial charge is 0.137 e. The standard InChI is InChI=1S/C57H43N3O/c1-57(2)50-36-43(59(40-21-11-5-12-22-40)41-23-13-6-14-24-41)27-30-45(50)46-31-28-44(37-51(46)57)60-52-33-29-42(58(38-17-7-3-8-18-38)39-19-9-4-10-20-39)35-49(52)55-53(60)34-32-48-47-25-15-16-26-54(47)61-56(48)55/h3-37,48,56H,1-2H3. The summed E-state index contributed by atoms with van der Waals surface area (Å²) in [6.45, 7) is 4.76. The van der Waals surface area contributed by atoms with Gasteiger partial charge in [-0.25, -0.2) is 0 Å². The maximum atomic E-state index is 6.93. The summed E-state index contributed by atoms with van der Waals surface area (Å²) in [6, 6.07) is 72.3. The Bertz CT molecular complexity index is 3070. The molecule has 2 unspecified atom stereocenters. The van der Waals surface area contributed by atoms with Crippen LogP contribution in [-0.2, 0) is 5.41 Å². The number of ether oxygens (including phenoxy) is 1. The number of fused-ring (bicyclic) bond motifs is 10. The van der Waals surface area contributed by atoms with Gasteiger partial charge in [0.1, 0.15) is 11.9 Å². The predicted octanol–water partition coefficient (Wildman–Crippen LogP) is 15.1. The Hall–Kier alpha value is -7.56. The van der Waals surface area contributed by atoms with Crippen LogP contribution in [0.1, 0.15) is 53.8 Å². The van der Waals surface area contributed by atoms with E-state index >= 15 is 0 Å². The lowest BCUT2D eigenvalue weighted by Crippen LogP contribution is -2.17. The highest BCUT2D eigenvalue weighted by Gasteiger charge is 2.41. The van der Waals surface area contributed by atoms with Crippen LogP contribution in [0, 0.1) is 0 Å². The maximum Gasteiger partial charge on any atom is 0.137 e. The van der Waals surface area contributed by atoms with Gasteiger partial charge < -0.3 is 19.1 Å². The molecule has 4 nitrogen and oxygen atoms in total. The average Bonchev–Trinajstić information content (AvgIpc) is 3.93. The van der Waals surface area contributed by atoms with E-state index in [-0.39, 0.29) is 17.4 Å². The van der Waals surface area contributed by atoms with Crippen LogP contribution in [0.25, 0.3) is 33.8 Å². The number of para-hydroxylation sites is 5. The maximum absolute atomic E-state index is 6.93. The third kappa shape index (κ3) is 5.52. The highest BCUT2D eigenvalue weighted by molar-refractivity contribution is 5.96. The third-order valence-electron chi connectivity index (χ3n) is 13.1. The van der Waals surface area contributed by atoms with Gasteiger partial charge in [0.05, 0.1) is 11.2 Å². The second-order valence-electron chi connectivity index (χ2n) is 16.9. The van der Waals surface area contributed by atoms with Crippen molar-refractivity contribution < 1.29 is 4.74 Å². The second-order valence-corrected chi connectivity index (χ2v) is 16.9. The first-order chi connectivity index (χ1) is 30.0. The van der Waals surface area contributed by atoms with Crippen LogP contribution in [0.5, 0.6) is 5.75 Å². The Kier molecular flexibility index (Phi) is 7.98. The van der Waals surface area contributed by atoms with E-state index in [4.69, 9.17) is 4.74 Å². The molecule has 0 spiro atoms. The fourth-order valence-electron chi connectivity index (χ4n) is 10.3. The summed E-state index contributed by atoms with van der Waals surface area (Å²) in [5, 5.41) is 1.20. The first-order valence-corrected chi connectivity index (χ1v) is 21.3. The number of anilines is 6. The number of benzene rings is 8. The summed E-state index contributed by atoms with van der Waals surface area (Å²) in [5.74, 6) is 1.11. The molecule has 8 aromatic carbocycles. The van der Waals surface area contributed by atoms with Crippen molar-refractivity contribution in [1.82, 2.24) is 4.57 Å². The van der Waals surface area contributed by atoms with Crippen molar-refractivity contribution in [1.29, 1.82) is 0 Å². The van der Waals surface area contributed by atoms with E-state index in [1.165, 1.54) is 44.5 Å². The van der Waals surface area contributed by atoms with Crippen molar-refractivity contribution in [3.8, 4) is 22.6 Å². The molecule has 292 valence electrons. The fraction of sp³-hybridized carbons (Fsp3) is 0.0877. The van der Waals surface area contributed by atoms with Crippen LogP contribution < -0.4 is 14.5 Å². The summed E-state index contributed by atoms with van der Waals surface area (Å²) in [5.41, 5.74) is 17.7. The Morgan fingerprint density at radius 3 is 1.61 bits per heavy atom. The van der Waals surface area contributed by atoms with Crippen LogP contribution in [-0.4, -0.2) is 4.57 Å². The first kappa shape index (κ1) is 35.4. The zero-order valence-electron chi connectivity index (χ0n) is 34.1. The summed E-state index contributed by atoms with van der Waals surface area (Å²) in [6.07, 6.45) is 4.56. The van der Waals surface area contributed by atoms with Crippen molar-refractivity contribution in [3.63, 3.8) is 0 Å². The van der Waals surface area contributed by atoms with E-state index in [0.29, 0.717) is 0 Å². The molecule has 3 aliphatic rings. The van der Waals surface area contributed by atoms with Crippen LogP contribution in [0.15, 0.2) is 206 Å². The lowest BCUT2D eigenvalue weighted by atomic mass is 9.82. The van der Waals surface area contributed by atoms with E-state index in [9.17, 15) is 0 Å². The van der Waals surface area contributed by atoms with Crippen molar-refractivity contribution >= 4 is 51.1 Å². The van der Waals surface area contributed by atoms with Gasteiger partial charge in [0.2, 0.25) is 0 Å². The second kappa shape index (κ2) is 13.8. The molecule has 4 heteroatoms. The molecule has 0 radical (unpaired) electrons. The fourth-order valence-corrected chi connectivity index (χ4v) is 10.3. The SMILES string of the molecule is CC1(C)c2cc(N(c3ccccc3)c3ccccc3)ccc2-c2ccc(-n3c4c(c5cc(N(c6ccccc6)c6ccccc6)ccc53)C3Oc5ccccc5C3C=C4)cc21. The molecular formula is C57H43N3O. The number of nitrogens with zero attached hydrogens (tertiary/aromatic N) is 3. The topological polar surface area (TPSA) is 20.6 Å². The molecular weight excluding hydrogens is 743 g/mol. The molecule has 0 fully saturated rings. The molecule has 2 heterocycles. The molecule has 9 aromatic rings. The van der Waals surface area contributed by atoms with E-state index < -0.39 is 0 Å². The number of hydrogen-bond donors (Lipinski definition) is 0. The Labute approximate surface area is 356 Å². The van der Waals surface area contributed by atoms with Gasteiger partial charge >= 0.3 is 0 Å². The van der Waals surface area contributed by atoms with Gasteiger partial charge in [0.15, 0.2) is 0 Å². The first-order valence-electron chi connectivity index (χ1n) is 21.3. The van der Waals surface area contributed by atoms with Gasteiger partial charge in [-0.05, 0) is 125 Å². The van der Waals surface area contributed by atoms with Gasteiger partial charge in [0.25, 0.3) is 0 Å². The Morgan fingerprint density at radius 1 is 0.492 bits per heavy atom. The zero-order chi connectivity index (χ0) is 40.7. The van der Waals surface area contributed by atoms with Gasteiger partial charge in [-0.1, -0.05) is 123 Å². The zero-order valence-corrected chi connectivity index (χ0v) is 34.1. The number of rotatable bonds is 7. The molecule has 0 bridgehead atoms. The monoisotopic (exact) mass is 785 g/mol. The van der Waals surface area contributed by atoms with Crippen molar-refractivity contribution in [3.05, 3.63) is 234 Å². The molecule has 0 saturated heterocycles. The Morgan fingerprint density at radius 2 is 1.00 bits per heavy atom. The molecule has 2 aliphatic carbocycles. The van der Waals surface area contributed by atoms with Crippen molar-refractivity contribution in [2.24, 2.45) is 0 Å². The minimum atomic E-state index is -0.241. The van der Waals surface area contributed by atoms with Gasteiger partial charge in [-0.2, -0.15) is 0 Å². The molecule has 0 saturated carbocycles. The highest BCUT2D eigenvalue weighted by atomic mass is 16.5. The highest BCUT2D eigenvalue weighted by Crippen LogP contribution is 2.55. The molecule has 61 heavy (non-hydrogen) atoms. The minimum Gasteiger partial charge on any atom is -0.484 e.